The molecule has 0 spiro atoms. The van der Waals surface area contributed by atoms with E-state index in [2.05, 4.69) is 0 Å². The van der Waals surface area contributed by atoms with Crippen molar-refractivity contribution >= 4 is 0 Å². The molecule has 3 heteroatoms. The van der Waals surface area contributed by atoms with Crippen LogP contribution in [-0.4, -0.2) is 24.9 Å². The van der Waals surface area contributed by atoms with Gasteiger partial charge in [0.25, 0.3) is 0 Å². The standard InChI is InChI=1S/C18H22O3/c1-14(19)13-16-5-9-18(10-6-16)21-12-11-15-3-7-17(20-2)8-4-15/h3-10,14,19H,11-13H2,1-2H3. The van der Waals surface area contributed by atoms with Gasteiger partial charge in [0.2, 0.25) is 0 Å². The van der Waals surface area contributed by atoms with E-state index in [-0.39, 0.29) is 6.10 Å². The van der Waals surface area contributed by atoms with Gasteiger partial charge in [0.05, 0.1) is 19.8 Å². The van der Waals surface area contributed by atoms with Crippen LogP contribution in [0.15, 0.2) is 48.5 Å². The summed E-state index contributed by atoms with van der Waals surface area (Å²) in [6, 6.07) is 15.9. The van der Waals surface area contributed by atoms with Gasteiger partial charge in [-0.2, -0.15) is 0 Å². The number of hydrogen-bond donors (Lipinski definition) is 1. The molecule has 2 aromatic rings. The zero-order valence-corrected chi connectivity index (χ0v) is 12.6. The fourth-order valence-corrected chi connectivity index (χ4v) is 2.14. The first-order valence-electron chi connectivity index (χ1n) is 7.20. The van der Waals surface area contributed by atoms with Gasteiger partial charge in [-0.15, -0.1) is 0 Å². The maximum atomic E-state index is 9.34. The van der Waals surface area contributed by atoms with Crippen molar-refractivity contribution in [2.24, 2.45) is 0 Å². The minimum atomic E-state index is -0.313. The van der Waals surface area contributed by atoms with Crippen LogP contribution in [0.1, 0.15) is 18.1 Å². The van der Waals surface area contributed by atoms with E-state index >= 15 is 0 Å². The number of aliphatic hydroxyl groups excluding tert-OH is 1. The molecule has 21 heavy (non-hydrogen) atoms. The van der Waals surface area contributed by atoms with Gasteiger partial charge in [-0.25, -0.2) is 0 Å². The normalized spacial score (nSPS) is 12.0. The molecule has 0 aromatic heterocycles. The number of rotatable bonds is 7. The molecule has 0 aliphatic carbocycles. The van der Waals surface area contributed by atoms with Crippen LogP contribution < -0.4 is 9.47 Å². The van der Waals surface area contributed by atoms with Crippen LogP contribution in [0.2, 0.25) is 0 Å². The molecular formula is C18H22O3. The van der Waals surface area contributed by atoms with E-state index < -0.39 is 0 Å². The Morgan fingerprint density at radius 2 is 1.48 bits per heavy atom. The zero-order chi connectivity index (χ0) is 15.1. The third kappa shape index (κ3) is 5.12. The van der Waals surface area contributed by atoms with Gasteiger partial charge < -0.3 is 14.6 Å². The predicted molar refractivity (Wildman–Crippen MR) is 84.0 cm³/mol. The van der Waals surface area contributed by atoms with E-state index in [1.165, 1.54) is 5.56 Å². The van der Waals surface area contributed by atoms with Crippen molar-refractivity contribution in [2.75, 3.05) is 13.7 Å². The maximum absolute atomic E-state index is 9.34. The van der Waals surface area contributed by atoms with Gasteiger partial charge in [0, 0.05) is 6.42 Å². The van der Waals surface area contributed by atoms with Gasteiger partial charge in [0.15, 0.2) is 0 Å². The van der Waals surface area contributed by atoms with Crippen LogP contribution in [-0.2, 0) is 12.8 Å². The Hall–Kier alpha value is -2.00. The molecule has 1 atom stereocenters. The number of aliphatic hydroxyl groups is 1. The molecule has 3 nitrogen and oxygen atoms in total. The average molecular weight is 286 g/mol. The number of ether oxygens (including phenoxy) is 2. The molecule has 0 radical (unpaired) electrons. The molecule has 1 N–H and O–H groups in total. The summed E-state index contributed by atoms with van der Waals surface area (Å²) in [5, 5.41) is 9.34. The van der Waals surface area contributed by atoms with Crippen LogP contribution in [0.25, 0.3) is 0 Å². The second kappa shape index (κ2) is 7.70. The van der Waals surface area contributed by atoms with E-state index in [4.69, 9.17) is 9.47 Å². The second-order valence-corrected chi connectivity index (χ2v) is 5.14. The lowest BCUT2D eigenvalue weighted by molar-refractivity contribution is 0.195. The van der Waals surface area contributed by atoms with Crippen molar-refractivity contribution in [3.8, 4) is 11.5 Å². The van der Waals surface area contributed by atoms with Gasteiger partial charge >= 0.3 is 0 Å². The zero-order valence-electron chi connectivity index (χ0n) is 12.6. The van der Waals surface area contributed by atoms with Gasteiger partial charge in [-0.3, -0.25) is 0 Å². The Bertz CT molecular complexity index is 529. The van der Waals surface area contributed by atoms with Crippen LogP contribution in [0.5, 0.6) is 11.5 Å². The molecule has 0 aliphatic rings. The Balaban J connectivity index is 1.79. The molecular weight excluding hydrogens is 264 g/mol. The fourth-order valence-electron chi connectivity index (χ4n) is 2.14. The third-order valence-corrected chi connectivity index (χ3v) is 3.27. The third-order valence-electron chi connectivity index (χ3n) is 3.27. The minimum Gasteiger partial charge on any atom is -0.497 e. The minimum absolute atomic E-state index is 0.313. The van der Waals surface area contributed by atoms with Crippen LogP contribution in [0, 0.1) is 0 Å². The SMILES string of the molecule is COc1ccc(CCOc2ccc(CC(C)O)cc2)cc1. The number of hydrogen-bond acceptors (Lipinski definition) is 3. The van der Waals surface area contributed by atoms with Gasteiger partial charge in [0.1, 0.15) is 11.5 Å². The van der Waals surface area contributed by atoms with Crippen molar-refractivity contribution in [2.45, 2.75) is 25.9 Å². The average Bonchev–Trinajstić information content (AvgIpc) is 2.49. The smallest absolute Gasteiger partial charge is 0.119 e. The van der Waals surface area contributed by atoms with Crippen molar-refractivity contribution in [1.29, 1.82) is 0 Å². The number of methoxy groups -OCH3 is 1. The van der Waals surface area contributed by atoms with E-state index in [1.807, 2.05) is 48.5 Å². The first kappa shape index (κ1) is 15.4. The highest BCUT2D eigenvalue weighted by Crippen LogP contribution is 2.15. The summed E-state index contributed by atoms with van der Waals surface area (Å²) in [5.41, 5.74) is 2.34. The first-order valence-corrected chi connectivity index (χ1v) is 7.20. The summed E-state index contributed by atoms with van der Waals surface area (Å²) in [5.74, 6) is 1.73. The lowest BCUT2D eigenvalue weighted by Gasteiger charge is -2.09. The molecule has 2 aromatic carbocycles. The van der Waals surface area contributed by atoms with Crippen LogP contribution >= 0.6 is 0 Å². The fraction of sp³-hybridized carbons (Fsp3) is 0.333. The van der Waals surface area contributed by atoms with E-state index in [0.717, 1.165) is 23.5 Å². The maximum Gasteiger partial charge on any atom is 0.119 e. The Kier molecular flexibility index (Phi) is 5.64. The summed E-state index contributed by atoms with van der Waals surface area (Å²) in [4.78, 5) is 0. The number of benzene rings is 2. The molecule has 0 saturated heterocycles. The molecule has 2 rings (SSSR count). The van der Waals surface area contributed by atoms with Gasteiger partial charge in [-0.1, -0.05) is 24.3 Å². The molecule has 0 bridgehead atoms. The highest BCUT2D eigenvalue weighted by Gasteiger charge is 2.00. The largest absolute Gasteiger partial charge is 0.497 e. The van der Waals surface area contributed by atoms with Crippen LogP contribution in [0.3, 0.4) is 0 Å². The topological polar surface area (TPSA) is 38.7 Å². The van der Waals surface area contributed by atoms with E-state index in [1.54, 1.807) is 14.0 Å². The van der Waals surface area contributed by atoms with Crippen molar-refractivity contribution in [3.63, 3.8) is 0 Å². The van der Waals surface area contributed by atoms with Crippen LogP contribution in [0.4, 0.5) is 0 Å². The molecule has 0 aliphatic heterocycles. The molecule has 0 fully saturated rings. The molecule has 1 unspecified atom stereocenters. The van der Waals surface area contributed by atoms with E-state index in [9.17, 15) is 5.11 Å². The lowest BCUT2D eigenvalue weighted by atomic mass is 10.1. The summed E-state index contributed by atoms with van der Waals surface area (Å²) < 4.78 is 10.9. The van der Waals surface area contributed by atoms with Gasteiger partial charge in [-0.05, 0) is 48.7 Å². The van der Waals surface area contributed by atoms with Crippen molar-refractivity contribution in [3.05, 3.63) is 59.7 Å². The molecule has 0 heterocycles. The highest BCUT2D eigenvalue weighted by molar-refractivity contribution is 5.29. The summed E-state index contributed by atoms with van der Waals surface area (Å²) in [6.45, 7) is 2.43. The first-order chi connectivity index (χ1) is 10.2. The Morgan fingerprint density at radius 1 is 0.905 bits per heavy atom. The van der Waals surface area contributed by atoms with E-state index in [0.29, 0.717) is 13.0 Å². The van der Waals surface area contributed by atoms with Crippen molar-refractivity contribution < 1.29 is 14.6 Å². The predicted octanol–water partition coefficient (Wildman–Crippen LogP) is 3.24. The Labute approximate surface area is 126 Å². The lowest BCUT2D eigenvalue weighted by Crippen LogP contribution is -2.04. The highest BCUT2D eigenvalue weighted by atomic mass is 16.5. The molecule has 112 valence electrons. The second-order valence-electron chi connectivity index (χ2n) is 5.14. The quantitative estimate of drug-likeness (QED) is 0.849. The molecule has 0 saturated carbocycles. The summed E-state index contributed by atoms with van der Waals surface area (Å²) in [6.07, 6.45) is 1.22. The monoisotopic (exact) mass is 286 g/mol. The molecule has 0 amide bonds. The summed E-state index contributed by atoms with van der Waals surface area (Å²) >= 11 is 0. The Morgan fingerprint density at radius 3 is 2.05 bits per heavy atom. The summed E-state index contributed by atoms with van der Waals surface area (Å²) in [7, 11) is 1.67. The van der Waals surface area contributed by atoms with Crippen molar-refractivity contribution in [1.82, 2.24) is 0 Å².